The normalized spacial score (nSPS) is 12.3. The summed E-state index contributed by atoms with van der Waals surface area (Å²) in [6.07, 6.45) is 0. The summed E-state index contributed by atoms with van der Waals surface area (Å²) < 4.78 is 1.04. The molecular weight excluding hydrogens is 460 g/mol. The number of rotatable bonds is 8. The number of carbonyl (C=O) groups is 2. The smallest absolute Gasteiger partial charge is 0.242 e. The van der Waals surface area contributed by atoms with Crippen molar-refractivity contribution in [2.24, 2.45) is 0 Å². The molecule has 0 bridgehead atoms. The topological polar surface area (TPSA) is 49.4 Å². The van der Waals surface area contributed by atoms with Gasteiger partial charge in [0.25, 0.3) is 0 Å². The average molecular weight is 491 g/mol. The Morgan fingerprint density at radius 3 is 2.17 bits per heavy atom. The number of hydrogen-bond acceptors (Lipinski definition) is 3. The Morgan fingerprint density at radius 1 is 1.03 bits per heavy atom. The van der Waals surface area contributed by atoms with Crippen LogP contribution in [-0.2, 0) is 21.9 Å². The fourth-order valence-electron chi connectivity index (χ4n) is 2.87. The summed E-state index contributed by atoms with van der Waals surface area (Å²) in [6.45, 7) is 10.1. The van der Waals surface area contributed by atoms with Gasteiger partial charge < -0.3 is 10.2 Å². The third-order valence-electron chi connectivity index (χ3n) is 4.55. The Kier molecular flexibility index (Phi) is 8.98. The molecule has 0 radical (unpaired) electrons. The van der Waals surface area contributed by atoms with E-state index in [9.17, 15) is 9.59 Å². The van der Waals surface area contributed by atoms with Crippen molar-refractivity contribution in [3.63, 3.8) is 0 Å². The van der Waals surface area contributed by atoms with Crippen LogP contribution in [0.2, 0.25) is 0 Å². The first-order valence-corrected chi connectivity index (χ1v) is 12.0. The maximum Gasteiger partial charge on any atom is 0.242 e. The summed E-state index contributed by atoms with van der Waals surface area (Å²) in [4.78, 5) is 27.5. The molecule has 162 valence electrons. The Bertz CT molecular complexity index is 845. The van der Waals surface area contributed by atoms with Crippen LogP contribution in [0.1, 0.15) is 44.4 Å². The van der Waals surface area contributed by atoms with Crippen molar-refractivity contribution in [3.05, 3.63) is 69.7 Å². The second-order valence-corrected chi connectivity index (χ2v) is 10.4. The minimum absolute atomic E-state index is 0.0331. The Hall–Kier alpha value is -1.79. The fraction of sp³-hybridized carbons (Fsp3) is 0.417. The molecule has 30 heavy (non-hydrogen) atoms. The van der Waals surface area contributed by atoms with E-state index in [1.165, 1.54) is 11.1 Å². The zero-order valence-electron chi connectivity index (χ0n) is 18.4. The van der Waals surface area contributed by atoms with Gasteiger partial charge in [0.15, 0.2) is 0 Å². The first-order chi connectivity index (χ1) is 14.0. The molecule has 0 fully saturated rings. The quantitative estimate of drug-likeness (QED) is 0.544. The van der Waals surface area contributed by atoms with Crippen molar-refractivity contribution in [2.75, 3.05) is 5.75 Å². The number of aryl methyl sites for hydroxylation is 1. The standard InChI is InChI=1S/C24H31BrN2O2S/c1-17-6-8-19(9-7-17)14-27(18(2)23(29)26-24(3,4)5)22(28)16-30-15-20-10-12-21(25)13-11-20/h6-13,18H,14-16H2,1-5H3,(H,26,29)/t18-/m0/s1. The first-order valence-electron chi connectivity index (χ1n) is 10.0. The zero-order valence-corrected chi connectivity index (χ0v) is 20.8. The number of nitrogens with zero attached hydrogens (tertiary/aromatic N) is 1. The van der Waals surface area contributed by atoms with Crippen LogP contribution in [0.25, 0.3) is 0 Å². The van der Waals surface area contributed by atoms with E-state index in [2.05, 4.69) is 21.2 Å². The molecule has 2 aromatic rings. The maximum atomic E-state index is 13.1. The van der Waals surface area contributed by atoms with Crippen LogP contribution in [0.15, 0.2) is 53.0 Å². The van der Waals surface area contributed by atoms with Crippen LogP contribution in [-0.4, -0.2) is 34.0 Å². The molecule has 0 spiro atoms. The third kappa shape index (κ3) is 8.15. The molecule has 1 N–H and O–H groups in total. The molecule has 2 aromatic carbocycles. The lowest BCUT2D eigenvalue weighted by molar-refractivity contribution is -0.139. The molecular formula is C24H31BrN2O2S. The molecule has 0 unspecified atom stereocenters. The Morgan fingerprint density at radius 2 is 1.60 bits per heavy atom. The predicted molar refractivity (Wildman–Crippen MR) is 129 cm³/mol. The number of amides is 2. The van der Waals surface area contributed by atoms with Gasteiger partial charge in [-0.3, -0.25) is 9.59 Å². The number of thioether (sulfide) groups is 1. The van der Waals surface area contributed by atoms with E-state index >= 15 is 0 Å². The lowest BCUT2D eigenvalue weighted by Gasteiger charge is -2.31. The monoisotopic (exact) mass is 490 g/mol. The number of hydrogen-bond donors (Lipinski definition) is 1. The van der Waals surface area contributed by atoms with Crippen LogP contribution in [0.3, 0.4) is 0 Å². The van der Waals surface area contributed by atoms with E-state index < -0.39 is 6.04 Å². The molecule has 0 aliphatic heterocycles. The van der Waals surface area contributed by atoms with Gasteiger partial charge in [0.2, 0.25) is 11.8 Å². The van der Waals surface area contributed by atoms with Gasteiger partial charge in [-0.05, 0) is 57.9 Å². The van der Waals surface area contributed by atoms with E-state index in [4.69, 9.17) is 0 Å². The van der Waals surface area contributed by atoms with Crippen LogP contribution in [0, 0.1) is 6.92 Å². The van der Waals surface area contributed by atoms with Gasteiger partial charge in [-0.1, -0.05) is 57.9 Å². The van der Waals surface area contributed by atoms with E-state index in [1.54, 1.807) is 23.6 Å². The van der Waals surface area contributed by atoms with Crippen LogP contribution in [0.5, 0.6) is 0 Å². The Labute approximate surface area is 192 Å². The van der Waals surface area contributed by atoms with Crippen LogP contribution < -0.4 is 5.32 Å². The van der Waals surface area contributed by atoms with Crippen molar-refractivity contribution >= 4 is 39.5 Å². The maximum absolute atomic E-state index is 13.1. The van der Waals surface area contributed by atoms with Crippen molar-refractivity contribution in [3.8, 4) is 0 Å². The SMILES string of the molecule is Cc1ccc(CN(C(=O)CSCc2ccc(Br)cc2)[C@@H](C)C(=O)NC(C)(C)C)cc1. The molecule has 1 atom stereocenters. The minimum Gasteiger partial charge on any atom is -0.350 e. The van der Waals surface area contributed by atoms with Gasteiger partial charge in [-0.15, -0.1) is 11.8 Å². The number of halogens is 1. The molecule has 0 aliphatic carbocycles. The summed E-state index contributed by atoms with van der Waals surface area (Å²) in [5.41, 5.74) is 3.00. The highest BCUT2D eigenvalue weighted by Crippen LogP contribution is 2.18. The van der Waals surface area contributed by atoms with Crippen LogP contribution in [0.4, 0.5) is 0 Å². The highest BCUT2D eigenvalue weighted by atomic mass is 79.9. The van der Waals surface area contributed by atoms with Crippen molar-refractivity contribution in [1.29, 1.82) is 0 Å². The van der Waals surface area contributed by atoms with Gasteiger partial charge in [0.05, 0.1) is 5.75 Å². The molecule has 0 aromatic heterocycles. The summed E-state index contributed by atoms with van der Waals surface area (Å²) in [6, 6.07) is 15.6. The second-order valence-electron chi connectivity index (χ2n) is 8.54. The van der Waals surface area contributed by atoms with Gasteiger partial charge in [0.1, 0.15) is 6.04 Å². The van der Waals surface area contributed by atoms with Crippen molar-refractivity contribution in [1.82, 2.24) is 10.2 Å². The fourth-order valence-corrected chi connectivity index (χ4v) is 4.00. The van der Waals surface area contributed by atoms with Crippen molar-refractivity contribution < 1.29 is 9.59 Å². The number of nitrogens with one attached hydrogen (secondary N) is 1. The van der Waals surface area contributed by atoms with Gasteiger partial charge >= 0.3 is 0 Å². The Balaban J connectivity index is 2.08. The van der Waals surface area contributed by atoms with E-state index in [0.717, 1.165) is 15.8 Å². The molecule has 2 amide bonds. The third-order valence-corrected chi connectivity index (χ3v) is 6.06. The van der Waals surface area contributed by atoms with Gasteiger partial charge in [-0.25, -0.2) is 0 Å². The summed E-state index contributed by atoms with van der Waals surface area (Å²) >= 11 is 5.00. The lowest BCUT2D eigenvalue weighted by atomic mass is 10.1. The van der Waals surface area contributed by atoms with Crippen LogP contribution >= 0.6 is 27.7 Å². The van der Waals surface area contributed by atoms with Crippen molar-refractivity contribution in [2.45, 2.75) is 58.5 Å². The molecule has 0 saturated carbocycles. The van der Waals surface area contributed by atoms with Gasteiger partial charge in [0, 0.05) is 22.3 Å². The molecule has 6 heteroatoms. The lowest BCUT2D eigenvalue weighted by Crippen LogP contribution is -2.52. The van der Waals surface area contributed by atoms with E-state index in [1.807, 2.05) is 76.2 Å². The predicted octanol–water partition coefficient (Wildman–Crippen LogP) is 5.32. The minimum atomic E-state index is -0.550. The van der Waals surface area contributed by atoms with Gasteiger partial charge in [-0.2, -0.15) is 0 Å². The second kappa shape index (κ2) is 11.0. The molecule has 0 saturated heterocycles. The summed E-state index contributed by atoms with van der Waals surface area (Å²) in [5, 5.41) is 2.99. The highest BCUT2D eigenvalue weighted by molar-refractivity contribution is 9.10. The molecule has 2 rings (SSSR count). The molecule has 0 heterocycles. The molecule has 4 nitrogen and oxygen atoms in total. The zero-order chi connectivity index (χ0) is 22.3. The average Bonchev–Trinajstić information content (AvgIpc) is 2.67. The number of carbonyl (C=O) groups excluding carboxylic acids is 2. The number of benzene rings is 2. The largest absolute Gasteiger partial charge is 0.350 e. The highest BCUT2D eigenvalue weighted by Gasteiger charge is 2.28. The summed E-state index contributed by atoms with van der Waals surface area (Å²) in [5.74, 6) is 0.907. The first kappa shape index (κ1) is 24.5. The summed E-state index contributed by atoms with van der Waals surface area (Å²) in [7, 11) is 0. The van der Waals surface area contributed by atoms with E-state index in [0.29, 0.717) is 12.3 Å². The molecule has 0 aliphatic rings. The van der Waals surface area contributed by atoms with E-state index in [-0.39, 0.29) is 17.4 Å².